The lowest BCUT2D eigenvalue weighted by Gasteiger charge is -2.49. The Labute approximate surface area is 145 Å². The van der Waals surface area contributed by atoms with Crippen LogP contribution in [-0.4, -0.2) is 42.4 Å². The van der Waals surface area contributed by atoms with Gasteiger partial charge >= 0.3 is 0 Å². The van der Waals surface area contributed by atoms with Crippen LogP contribution in [0, 0.1) is 11.8 Å². The van der Waals surface area contributed by atoms with Crippen LogP contribution in [0.3, 0.4) is 0 Å². The van der Waals surface area contributed by atoms with Crippen LogP contribution in [0.15, 0.2) is 9.66 Å². The van der Waals surface area contributed by atoms with Crippen molar-refractivity contribution < 1.29 is 19.4 Å². The van der Waals surface area contributed by atoms with E-state index in [1.54, 1.807) is 0 Å². The summed E-state index contributed by atoms with van der Waals surface area (Å²) >= 11 is 2.38. The molecule has 0 radical (unpaired) electrons. The molecule has 1 spiro atoms. The largest absolute Gasteiger partial charge is 0.396 e. The van der Waals surface area contributed by atoms with Gasteiger partial charge in [-0.2, -0.15) is 0 Å². The zero-order valence-electron chi connectivity index (χ0n) is 12.9. The topological polar surface area (TPSA) is 55.8 Å². The number of hydrogen-bond acceptors (Lipinski definition) is 4. The van der Waals surface area contributed by atoms with Crippen LogP contribution in [0.4, 0.5) is 0 Å². The maximum Gasteiger partial charge on any atom is 0.174 e. The first-order chi connectivity index (χ1) is 10.7. The lowest BCUT2D eigenvalue weighted by Crippen LogP contribution is -2.59. The number of unbranched alkanes of at least 4 members (excludes halogenated alkanes) is 3. The van der Waals surface area contributed by atoms with Crippen LogP contribution < -0.4 is 0 Å². The highest BCUT2D eigenvalue weighted by molar-refractivity contribution is 14.1. The van der Waals surface area contributed by atoms with Gasteiger partial charge in [0, 0.05) is 25.7 Å². The summed E-state index contributed by atoms with van der Waals surface area (Å²) in [5.41, 5.74) is -0.531. The number of rotatable bonds is 7. The monoisotopic (exact) mass is 420 g/mol. The Hall–Kier alpha value is 0.0200. The Morgan fingerprint density at radius 3 is 2.91 bits per heavy atom. The Kier molecular flexibility index (Phi) is 5.58. The van der Waals surface area contributed by atoms with Gasteiger partial charge in [0.2, 0.25) is 0 Å². The maximum absolute atomic E-state index is 12.9. The Balaban J connectivity index is 1.56. The van der Waals surface area contributed by atoms with Crippen molar-refractivity contribution in [2.45, 2.75) is 56.7 Å². The molecule has 4 rings (SSSR count). The van der Waals surface area contributed by atoms with Crippen LogP contribution in [0.2, 0.25) is 0 Å². The molecule has 0 aromatic carbocycles. The number of aliphatic hydroxyl groups excluding tert-OH is 1. The number of fused-ring (bicyclic) bond motifs is 1. The minimum Gasteiger partial charge on any atom is -0.396 e. The van der Waals surface area contributed by atoms with Crippen molar-refractivity contribution in [1.29, 1.82) is 0 Å². The highest BCUT2D eigenvalue weighted by atomic mass is 127. The molecule has 124 valence electrons. The third-order valence-electron chi connectivity index (χ3n) is 5.26. The minimum absolute atomic E-state index is 0.0312. The van der Waals surface area contributed by atoms with E-state index in [0.29, 0.717) is 6.61 Å². The minimum atomic E-state index is -0.531. The molecule has 1 saturated carbocycles. The first kappa shape index (κ1) is 16.9. The van der Waals surface area contributed by atoms with Crippen molar-refractivity contribution in [3.8, 4) is 0 Å². The summed E-state index contributed by atoms with van der Waals surface area (Å²) in [7, 11) is 0. The number of carbonyl (C=O) groups excluding carboxylic acids is 1. The molecule has 1 saturated heterocycles. The van der Waals surface area contributed by atoms with E-state index in [1.807, 2.05) is 0 Å². The number of carbonyl (C=O) groups is 1. The second-order valence-electron chi connectivity index (χ2n) is 6.62. The van der Waals surface area contributed by atoms with Gasteiger partial charge in [-0.05, 0) is 58.3 Å². The Morgan fingerprint density at radius 2 is 2.18 bits per heavy atom. The summed E-state index contributed by atoms with van der Waals surface area (Å²) in [6.07, 6.45) is 8.93. The molecule has 2 bridgehead atoms. The van der Waals surface area contributed by atoms with E-state index >= 15 is 0 Å². The molecule has 1 aliphatic heterocycles. The van der Waals surface area contributed by atoms with Gasteiger partial charge in [0.25, 0.3) is 0 Å². The van der Waals surface area contributed by atoms with Crippen LogP contribution in [0.25, 0.3) is 0 Å². The second-order valence-corrected chi connectivity index (χ2v) is 7.86. The SMILES string of the molecule is O=C1C2C=C(I)C(CC2OCCCCCCO)[C@@]12CCCO2. The number of hydrogen-bond donors (Lipinski definition) is 1. The van der Waals surface area contributed by atoms with Crippen molar-refractivity contribution in [2.24, 2.45) is 11.8 Å². The summed E-state index contributed by atoms with van der Waals surface area (Å²) in [4.78, 5) is 12.9. The van der Waals surface area contributed by atoms with Gasteiger partial charge in [-0.1, -0.05) is 18.9 Å². The predicted octanol–water partition coefficient (Wildman–Crippen LogP) is 3.01. The molecular weight excluding hydrogens is 395 g/mol. The number of ketones is 1. The summed E-state index contributed by atoms with van der Waals surface area (Å²) < 4.78 is 13.3. The van der Waals surface area contributed by atoms with Gasteiger partial charge in [-0.25, -0.2) is 0 Å². The third kappa shape index (κ3) is 3.01. The highest BCUT2D eigenvalue weighted by Crippen LogP contribution is 2.53. The average Bonchev–Trinajstić information content (AvgIpc) is 2.99. The molecule has 3 unspecified atom stereocenters. The molecule has 22 heavy (non-hydrogen) atoms. The molecule has 3 aliphatic carbocycles. The molecule has 2 fully saturated rings. The van der Waals surface area contributed by atoms with Crippen molar-refractivity contribution in [1.82, 2.24) is 0 Å². The van der Waals surface area contributed by atoms with Gasteiger partial charge < -0.3 is 14.6 Å². The smallest absolute Gasteiger partial charge is 0.174 e. The first-order valence-electron chi connectivity index (χ1n) is 8.47. The number of aliphatic hydroxyl groups is 1. The number of halogens is 1. The van der Waals surface area contributed by atoms with E-state index in [2.05, 4.69) is 28.7 Å². The fourth-order valence-electron chi connectivity index (χ4n) is 4.10. The van der Waals surface area contributed by atoms with Crippen LogP contribution >= 0.6 is 22.6 Å². The zero-order valence-corrected chi connectivity index (χ0v) is 15.1. The second kappa shape index (κ2) is 7.28. The summed E-state index contributed by atoms with van der Waals surface area (Å²) in [6, 6.07) is 0. The Morgan fingerprint density at radius 1 is 1.36 bits per heavy atom. The Bertz CT molecular complexity index is 442. The van der Waals surface area contributed by atoms with Gasteiger partial charge in [0.05, 0.1) is 12.0 Å². The van der Waals surface area contributed by atoms with Crippen LogP contribution in [-0.2, 0) is 14.3 Å². The molecule has 4 atom stereocenters. The predicted molar refractivity (Wildman–Crippen MR) is 91.9 cm³/mol. The van der Waals surface area contributed by atoms with Crippen LogP contribution in [0.5, 0.6) is 0 Å². The maximum atomic E-state index is 12.9. The van der Waals surface area contributed by atoms with E-state index < -0.39 is 5.60 Å². The van der Waals surface area contributed by atoms with E-state index in [0.717, 1.165) is 51.6 Å². The summed E-state index contributed by atoms with van der Waals surface area (Å²) in [5, 5.41) is 8.77. The third-order valence-corrected chi connectivity index (χ3v) is 6.37. The van der Waals surface area contributed by atoms with E-state index in [-0.39, 0.29) is 30.3 Å². The molecule has 4 aliphatic rings. The van der Waals surface area contributed by atoms with Gasteiger partial charge in [-0.15, -0.1) is 0 Å². The number of Topliss-reactive ketones (excluding diaryl/α,β-unsaturated/α-hetero) is 1. The van der Waals surface area contributed by atoms with Crippen molar-refractivity contribution in [3.05, 3.63) is 9.66 Å². The molecule has 1 heterocycles. The van der Waals surface area contributed by atoms with Crippen molar-refractivity contribution in [2.75, 3.05) is 19.8 Å². The van der Waals surface area contributed by atoms with Gasteiger partial charge in [-0.3, -0.25) is 4.79 Å². The van der Waals surface area contributed by atoms with E-state index in [1.165, 1.54) is 3.58 Å². The molecule has 4 nitrogen and oxygen atoms in total. The summed E-state index contributed by atoms with van der Waals surface area (Å²) in [6.45, 7) is 1.70. The molecule has 5 heteroatoms. The number of ether oxygens (including phenoxy) is 2. The van der Waals surface area contributed by atoms with Gasteiger partial charge in [0.15, 0.2) is 5.78 Å². The normalized spacial score (nSPS) is 37.1. The molecule has 0 amide bonds. The lowest BCUT2D eigenvalue weighted by molar-refractivity contribution is -0.165. The molecule has 0 aromatic rings. The molecular formula is C17H25IO4. The van der Waals surface area contributed by atoms with Crippen molar-refractivity contribution >= 4 is 28.4 Å². The fourth-order valence-corrected chi connectivity index (χ4v) is 5.25. The van der Waals surface area contributed by atoms with E-state index in [9.17, 15) is 4.79 Å². The molecule has 1 N–H and O–H groups in total. The average molecular weight is 420 g/mol. The quantitative estimate of drug-likeness (QED) is 0.508. The fraction of sp³-hybridized carbons (Fsp3) is 0.824. The van der Waals surface area contributed by atoms with E-state index in [4.69, 9.17) is 14.6 Å². The van der Waals surface area contributed by atoms with Crippen LogP contribution in [0.1, 0.15) is 44.9 Å². The molecule has 0 aromatic heterocycles. The highest BCUT2D eigenvalue weighted by Gasteiger charge is 2.60. The zero-order chi connectivity index (χ0) is 15.6. The lowest BCUT2D eigenvalue weighted by atomic mass is 9.63. The summed E-state index contributed by atoms with van der Waals surface area (Å²) in [5.74, 6) is 0.340. The standard InChI is InChI=1S/C17H25IO4/c18-14-10-12-15(21-8-4-2-1-3-7-19)11-13(14)17(16(12)20)6-5-9-22-17/h10,12-13,15,19H,1-9,11H2/t12?,13?,15?,17-/m0/s1. The van der Waals surface area contributed by atoms with Crippen molar-refractivity contribution in [3.63, 3.8) is 0 Å². The van der Waals surface area contributed by atoms with Gasteiger partial charge in [0.1, 0.15) is 5.60 Å². The first-order valence-corrected chi connectivity index (χ1v) is 9.55.